The number of hydrogen-bond acceptors (Lipinski definition) is 5. The predicted molar refractivity (Wildman–Crippen MR) is 82.2 cm³/mol. The maximum Gasteiger partial charge on any atom is 0.319 e. The maximum absolute atomic E-state index is 12.3. The summed E-state index contributed by atoms with van der Waals surface area (Å²) in [4.78, 5) is 11.1. The van der Waals surface area contributed by atoms with Gasteiger partial charge in [0.2, 0.25) is 0 Å². The first-order valence-corrected chi connectivity index (χ1v) is 8.27. The number of hydrogen-bond donors (Lipinski definition) is 1. The molecule has 1 aromatic carbocycles. The number of para-hydroxylation sites is 1. The van der Waals surface area contributed by atoms with Gasteiger partial charge < -0.3 is 5.11 Å². The van der Waals surface area contributed by atoms with E-state index in [1.807, 2.05) is 32.0 Å². The van der Waals surface area contributed by atoms with Gasteiger partial charge in [-0.25, -0.2) is 0 Å². The van der Waals surface area contributed by atoms with Crippen LogP contribution in [0, 0.1) is 13.8 Å². The molecule has 0 spiro atoms. The average molecular weight is 322 g/mol. The molecule has 0 saturated heterocycles. The zero-order chi connectivity index (χ0) is 16.3. The Kier molecular flexibility index (Phi) is 5.02. The van der Waals surface area contributed by atoms with Gasteiger partial charge in [0, 0.05) is 10.8 Å². The van der Waals surface area contributed by atoms with Crippen molar-refractivity contribution < 1.29 is 14.1 Å². The van der Waals surface area contributed by atoms with Gasteiger partial charge in [0.15, 0.2) is 5.82 Å². The van der Waals surface area contributed by atoms with Crippen molar-refractivity contribution in [2.24, 2.45) is 0 Å². The van der Waals surface area contributed by atoms with E-state index in [2.05, 4.69) is 15.5 Å². The van der Waals surface area contributed by atoms with Gasteiger partial charge in [0.1, 0.15) is 5.25 Å². The lowest BCUT2D eigenvalue weighted by atomic mass is 10.1. The molecule has 0 bridgehead atoms. The number of aliphatic carboxylic acids is 1. The lowest BCUT2D eigenvalue weighted by Crippen LogP contribution is -2.26. The number of nitrogens with zero attached hydrogens (tertiary/aromatic N) is 4. The lowest BCUT2D eigenvalue weighted by Gasteiger charge is -2.12. The summed E-state index contributed by atoms with van der Waals surface area (Å²) in [6, 6.07) is 5.82. The largest absolute Gasteiger partial charge is 0.480 e. The van der Waals surface area contributed by atoms with Crippen LogP contribution in [0.2, 0.25) is 0 Å². The highest BCUT2D eigenvalue weighted by molar-refractivity contribution is 7.85. The SMILES string of the molecule is CC[C@@H](C(=O)O)[S@@](=O)Cc1nnnn1-c1c(C)cccc1C. The van der Waals surface area contributed by atoms with Crippen molar-refractivity contribution in [3.63, 3.8) is 0 Å². The van der Waals surface area contributed by atoms with E-state index < -0.39 is 22.0 Å². The van der Waals surface area contributed by atoms with Gasteiger partial charge in [-0.15, -0.1) is 5.10 Å². The summed E-state index contributed by atoms with van der Waals surface area (Å²) in [5.74, 6) is -0.659. The molecule has 0 unspecified atom stereocenters. The van der Waals surface area contributed by atoms with Crippen LogP contribution in [0.3, 0.4) is 0 Å². The molecule has 1 aromatic heterocycles. The Balaban J connectivity index is 2.35. The van der Waals surface area contributed by atoms with Crippen LogP contribution in [0.1, 0.15) is 30.3 Å². The molecule has 0 aliphatic heterocycles. The van der Waals surface area contributed by atoms with Gasteiger partial charge in [-0.2, -0.15) is 4.68 Å². The second-order valence-corrected chi connectivity index (χ2v) is 6.63. The van der Waals surface area contributed by atoms with Crippen LogP contribution in [0.25, 0.3) is 5.69 Å². The van der Waals surface area contributed by atoms with Crippen molar-refractivity contribution in [2.75, 3.05) is 0 Å². The lowest BCUT2D eigenvalue weighted by molar-refractivity contribution is -0.136. The van der Waals surface area contributed by atoms with Gasteiger partial charge in [0.25, 0.3) is 0 Å². The van der Waals surface area contributed by atoms with Gasteiger partial charge >= 0.3 is 5.97 Å². The Morgan fingerprint density at radius 3 is 2.55 bits per heavy atom. The van der Waals surface area contributed by atoms with Crippen LogP contribution in [-0.4, -0.2) is 40.7 Å². The van der Waals surface area contributed by atoms with Crippen LogP contribution in [0.5, 0.6) is 0 Å². The van der Waals surface area contributed by atoms with Crippen molar-refractivity contribution in [2.45, 2.75) is 38.2 Å². The molecule has 22 heavy (non-hydrogen) atoms. The number of benzene rings is 1. The zero-order valence-electron chi connectivity index (χ0n) is 12.7. The first-order chi connectivity index (χ1) is 10.5. The number of rotatable bonds is 6. The summed E-state index contributed by atoms with van der Waals surface area (Å²) >= 11 is 0. The Morgan fingerprint density at radius 2 is 2.00 bits per heavy atom. The quantitative estimate of drug-likeness (QED) is 0.863. The summed E-state index contributed by atoms with van der Waals surface area (Å²) in [5.41, 5.74) is 2.82. The van der Waals surface area contributed by atoms with Crippen molar-refractivity contribution >= 4 is 16.8 Å². The van der Waals surface area contributed by atoms with E-state index in [0.717, 1.165) is 16.8 Å². The highest BCUT2D eigenvalue weighted by Crippen LogP contribution is 2.19. The maximum atomic E-state index is 12.3. The molecule has 0 aliphatic carbocycles. The monoisotopic (exact) mass is 322 g/mol. The molecule has 118 valence electrons. The molecule has 7 nitrogen and oxygen atoms in total. The van der Waals surface area contributed by atoms with Gasteiger partial charge in [0.05, 0.1) is 11.4 Å². The topological polar surface area (TPSA) is 98.0 Å². The van der Waals surface area contributed by atoms with Gasteiger partial charge in [-0.05, 0) is 41.8 Å². The molecule has 2 rings (SSSR count). The molecular formula is C14H18N4O3S. The normalized spacial score (nSPS) is 13.8. The van der Waals surface area contributed by atoms with Crippen LogP contribution in [0.15, 0.2) is 18.2 Å². The van der Waals surface area contributed by atoms with E-state index in [1.54, 1.807) is 6.92 Å². The summed E-state index contributed by atoms with van der Waals surface area (Å²) in [6.07, 6.45) is 0.299. The Labute approximate surface area is 130 Å². The third kappa shape index (κ3) is 3.22. The molecule has 0 fully saturated rings. The third-order valence-electron chi connectivity index (χ3n) is 3.42. The number of carboxylic acid groups (broad SMARTS) is 1. The number of aryl methyl sites for hydroxylation is 2. The minimum absolute atomic E-state index is 0.00554. The molecule has 0 amide bonds. The molecule has 1 N–H and O–H groups in total. The average Bonchev–Trinajstić information content (AvgIpc) is 2.87. The fourth-order valence-electron chi connectivity index (χ4n) is 2.31. The van der Waals surface area contributed by atoms with E-state index in [4.69, 9.17) is 5.11 Å². The second kappa shape index (κ2) is 6.78. The highest BCUT2D eigenvalue weighted by atomic mass is 32.2. The van der Waals surface area contributed by atoms with Crippen molar-refractivity contribution in [1.82, 2.24) is 20.2 Å². The number of carbonyl (C=O) groups is 1. The Bertz CT molecular complexity index is 694. The molecule has 2 aromatic rings. The first-order valence-electron chi connectivity index (χ1n) is 6.89. The summed E-state index contributed by atoms with van der Waals surface area (Å²) in [6.45, 7) is 5.58. The van der Waals surface area contributed by atoms with Crippen LogP contribution in [-0.2, 0) is 21.3 Å². The molecule has 0 aliphatic rings. The second-order valence-electron chi connectivity index (χ2n) is 5.01. The summed E-state index contributed by atoms with van der Waals surface area (Å²) in [5, 5.41) is 19.7. The number of carboxylic acids is 1. The molecule has 8 heteroatoms. The molecule has 0 radical (unpaired) electrons. The van der Waals surface area contributed by atoms with Crippen molar-refractivity contribution in [3.8, 4) is 5.69 Å². The summed E-state index contributed by atoms with van der Waals surface area (Å²) in [7, 11) is -1.58. The smallest absolute Gasteiger partial charge is 0.319 e. The van der Waals surface area contributed by atoms with Gasteiger partial charge in [-0.1, -0.05) is 25.1 Å². The molecule has 2 atom stereocenters. The minimum atomic E-state index is -1.58. The van der Waals surface area contributed by atoms with E-state index in [9.17, 15) is 9.00 Å². The fourth-order valence-corrected chi connectivity index (χ4v) is 3.54. The Morgan fingerprint density at radius 1 is 1.36 bits per heavy atom. The number of tetrazole rings is 1. The summed E-state index contributed by atoms with van der Waals surface area (Å²) < 4.78 is 13.8. The predicted octanol–water partition coefficient (Wildman–Crippen LogP) is 1.39. The minimum Gasteiger partial charge on any atom is -0.480 e. The van der Waals surface area contributed by atoms with E-state index in [1.165, 1.54) is 4.68 Å². The standard InChI is InChI=1S/C14H18N4O3S/c1-4-11(14(19)20)22(21)8-12-15-16-17-18(12)13-9(2)6-5-7-10(13)3/h5-7,11H,4,8H2,1-3H3,(H,19,20)/t11-,22-/m0/s1. The van der Waals surface area contributed by atoms with Crippen LogP contribution < -0.4 is 0 Å². The van der Waals surface area contributed by atoms with E-state index in [-0.39, 0.29) is 5.75 Å². The molecule has 1 heterocycles. The molecular weight excluding hydrogens is 304 g/mol. The van der Waals surface area contributed by atoms with Gasteiger partial charge in [-0.3, -0.25) is 9.00 Å². The first kappa shape index (κ1) is 16.3. The molecule has 0 saturated carbocycles. The Hall–Kier alpha value is -2.09. The highest BCUT2D eigenvalue weighted by Gasteiger charge is 2.25. The number of aromatic nitrogens is 4. The third-order valence-corrected chi connectivity index (χ3v) is 5.13. The van der Waals surface area contributed by atoms with Crippen LogP contribution in [0.4, 0.5) is 0 Å². The van der Waals surface area contributed by atoms with Crippen molar-refractivity contribution in [3.05, 3.63) is 35.2 Å². The fraction of sp³-hybridized carbons (Fsp3) is 0.429. The van der Waals surface area contributed by atoms with E-state index in [0.29, 0.717) is 12.2 Å². The van der Waals surface area contributed by atoms with Crippen LogP contribution >= 0.6 is 0 Å². The zero-order valence-corrected chi connectivity index (χ0v) is 13.5. The van der Waals surface area contributed by atoms with E-state index >= 15 is 0 Å². The van der Waals surface area contributed by atoms with Crippen molar-refractivity contribution in [1.29, 1.82) is 0 Å².